The second-order valence-corrected chi connectivity index (χ2v) is 2.57. The van der Waals surface area contributed by atoms with Crippen molar-refractivity contribution >= 4 is 0 Å². The Hall–Kier alpha value is -1.02. The number of hydrogen-bond donors (Lipinski definition) is 2. The van der Waals surface area contributed by atoms with Gasteiger partial charge in [0.1, 0.15) is 5.75 Å². The minimum atomic E-state index is 0.205. The molecule has 0 saturated heterocycles. The van der Waals surface area contributed by atoms with Gasteiger partial charge in [-0.3, -0.25) is 0 Å². The van der Waals surface area contributed by atoms with Crippen molar-refractivity contribution in [2.75, 3.05) is 7.05 Å². The van der Waals surface area contributed by atoms with Crippen LogP contribution in [0, 0.1) is 0 Å². The van der Waals surface area contributed by atoms with E-state index in [0.717, 1.165) is 5.56 Å². The molecule has 0 aliphatic rings. The lowest BCUT2D eigenvalue weighted by Crippen LogP contribution is -2.12. The standard InChI is InChI=1S/C9H13NO/c1-7(10-2)8-5-3-4-6-9(8)11/h3-7,10-11H,1-2H3/t7-/m0/s1. The van der Waals surface area contributed by atoms with E-state index in [1.165, 1.54) is 0 Å². The Labute approximate surface area is 66.9 Å². The fourth-order valence-corrected chi connectivity index (χ4v) is 1.01. The molecule has 0 heterocycles. The molecule has 0 saturated carbocycles. The number of hydrogen-bond acceptors (Lipinski definition) is 2. The summed E-state index contributed by atoms with van der Waals surface area (Å²) in [4.78, 5) is 0. The molecule has 0 aromatic heterocycles. The summed E-state index contributed by atoms with van der Waals surface area (Å²) in [5.41, 5.74) is 0.940. The lowest BCUT2D eigenvalue weighted by Gasteiger charge is -2.11. The molecule has 0 aliphatic heterocycles. The van der Waals surface area contributed by atoms with Crippen molar-refractivity contribution in [2.24, 2.45) is 0 Å². The number of aromatic hydroxyl groups is 1. The molecule has 1 rings (SSSR count). The molecule has 0 radical (unpaired) electrons. The second kappa shape index (κ2) is 3.39. The zero-order valence-electron chi connectivity index (χ0n) is 6.83. The molecule has 0 aliphatic carbocycles. The predicted octanol–water partition coefficient (Wildman–Crippen LogP) is 1.67. The van der Waals surface area contributed by atoms with Crippen molar-refractivity contribution in [2.45, 2.75) is 13.0 Å². The van der Waals surface area contributed by atoms with E-state index in [0.29, 0.717) is 5.75 Å². The molecular weight excluding hydrogens is 138 g/mol. The van der Waals surface area contributed by atoms with Crippen LogP contribution in [0.3, 0.4) is 0 Å². The first-order chi connectivity index (χ1) is 5.25. The first kappa shape index (κ1) is 8.08. The van der Waals surface area contributed by atoms with Gasteiger partial charge in [-0.05, 0) is 20.0 Å². The second-order valence-electron chi connectivity index (χ2n) is 2.57. The maximum atomic E-state index is 9.37. The van der Waals surface area contributed by atoms with E-state index >= 15 is 0 Å². The first-order valence-corrected chi connectivity index (χ1v) is 3.71. The highest BCUT2D eigenvalue weighted by Crippen LogP contribution is 2.22. The summed E-state index contributed by atoms with van der Waals surface area (Å²) in [6, 6.07) is 7.56. The monoisotopic (exact) mass is 151 g/mol. The van der Waals surface area contributed by atoms with E-state index in [1.807, 2.05) is 32.2 Å². The maximum absolute atomic E-state index is 9.37. The summed E-state index contributed by atoms with van der Waals surface area (Å²) in [7, 11) is 1.87. The van der Waals surface area contributed by atoms with Crippen LogP contribution in [0.25, 0.3) is 0 Å². The largest absolute Gasteiger partial charge is 0.508 e. The van der Waals surface area contributed by atoms with Gasteiger partial charge in [0.05, 0.1) is 0 Å². The van der Waals surface area contributed by atoms with Crippen LogP contribution >= 0.6 is 0 Å². The van der Waals surface area contributed by atoms with E-state index in [4.69, 9.17) is 0 Å². The number of para-hydroxylation sites is 1. The van der Waals surface area contributed by atoms with Gasteiger partial charge >= 0.3 is 0 Å². The smallest absolute Gasteiger partial charge is 0.120 e. The van der Waals surface area contributed by atoms with Crippen molar-refractivity contribution in [1.29, 1.82) is 0 Å². The van der Waals surface area contributed by atoms with Crippen LogP contribution in [0.1, 0.15) is 18.5 Å². The van der Waals surface area contributed by atoms with Crippen molar-refractivity contribution < 1.29 is 5.11 Å². The van der Waals surface area contributed by atoms with Crippen molar-refractivity contribution in [3.63, 3.8) is 0 Å². The normalized spacial score (nSPS) is 12.9. The van der Waals surface area contributed by atoms with Crippen molar-refractivity contribution in [3.05, 3.63) is 29.8 Å². The molecular formula is C9H13NO. The predicted molar refractivity (Wildman–Crippen MR) is 45.6 cm³/mol. The Bertz CT molecular complexity index is 235. The Morgan fingerprint density at radius 1 is 1.36 bits per heavy atom. The van der Waals surface area contributed by atoms with Gasteiger partial charge in [0, 0.05) is 11.6 Å². The van der Waals surface area contributed by atoms with Gasteiger partial charge in [-0.1, -0.05) is 18.2 Å². The van der Waals surface area contributed by atoms with Crippen LogP contribution in [0.4, 0.5) is 0 Å². The number of nitrogens with one attached hydrogen (secondary N) is 1. The minimum Gasteiger partial charge on any atom is -0.508 e. The van der Waals surface area contributed by atoms with E-state index in [-0.39, 0.29) is 6.04 Å². The highest BCUT2D eigenvalue weighted by molar-refractivity contribution is 5.33. The SMILES string of the molecule is CN[C@@H](C)c1ccccc1O. The van der Waals surface area contributed by atoms with E-state index in [2.05, 4.69) is 5.32 Å². The van der Waals surface area contributed by atoms with Crippen LogP contribution in [-0.4, -0.2) is 12.2 Å². The Morgan fingerprint density at radius 3 is 2.55 bits per heavy atom. The molecule has 1 aromatic carbocycles. The maximum Gasteiger partial charge on any atom is 0.120 e. The van der Waals surface area contributed by atoms with Gasteiger partial charge in [0.2, 0.25) is 0 Å². The molecule has 1 aromatic rings. The number of phenols is 1. The minimum absolute atomic E-state index is 0.205. The fraction of sp³-hybridized carbons (Fsp3) is 0.333. The molecule has 0 amide bonds. The molecule has 2 N–H and O–H groups in total. The molecule has 1 atom stereocenters. The average molecular weight is 151 g/mol. The summed E-state index contributed by atoms with van der Waals surface area (Å²) >= 11 is 0. The lowest BCUT2D eigenvalue weighted by molar-refractivity contribution is 0.458. The highest BCUT2D eigenvalue weighted by Gasteiger charge is 2.05. The Balaban J connectivity index is 2.93. The topological polar surface area (TPSA) is 32.3 Å². The van der Waals surface area contributed by atoms with Gasteiger partial charge in [-0.15, -0.1) is 0 Å². The molecule has 0 spiro atoms. The van der Waals surface area contributed by atoms with Crippen LogP contribution in [0.5, 0.6) is 5.75 Å². The summed E-state index contributed by atoms with van der Waals surface area (Å²) in [5, 5.41) is 12.4. The molecule has 0 bridgehead atoms. The van der Waals surface area contributed by atoms with E-state index < -0.39 is 0 Å². The molecule has 0 unspecified atom stereocenters. The molecule has 2 heteroatoms. The van der Waals surface area contributed by atoms with Crippen LogP contribution < -0.4 is 5.32 Å². The van der Waals surface area contributed by atoms with Crippen LogP contribution in [0.2, 0.25) is 0 Å². The Morgan fingerprint density at radius 2 is 2.00 bits per heavy atom. The zero-order chi connectivity index (χ0) is 8.27. The third-order valence-electron chi connectivity index (χ3n) is 1.84. The van der Waals surface area contributed by atoms with Gasteiger partial charge in [0.25, 0.3) is 0 Å². The molecule has 11 heavy (non-hydrogen) atoms. The van der Waals surface area contributed by atoms with E-state index in [9.17, 15) is 5.11 Å². The lowest BCUT2D eigenvalue weighted by atomic mass is 10.1. The van der Waals surface area contributed by atoms with Gasteiger partial charge in [0.15, 0.2) is 0 Å². The van der Waals surface area contributed by atoms with Crippen molar-refractivity contribution in [1.82, 2.24) is 5.32 Å². The highest BCUT2D eigenvalue weighted by atomic mass is 16.3. The third-order valence-corrected chi connectivity index (χ3v) is 1.84. The van der Waals surface area contributed by atoms with Gasteiger partial charge < -0.3 is 10.4 Å². The first-order valence-electron chi connectivity index (χ1n) is 3.71. The molecule has 0 fully saturated rings. The van der Waals surface area contributed by atoms with Crippen LogP contribution in [-0.2, 0) is 0 Å². The molecule has 60 valence electrons. The fourth-order valence-electron chi connectivity index (χ4n) is 1.01. The Kier molecular flexibility index (Phi) is 2.49. The molecule has 2 nitrogen and oxygen atoms in total. The summed E-state index contributed by atoms with van der Waals surface area (Å²) in [5.74, 6) is 0.356. The zero-order valence-corrected chi connectivity index (χ0v) is 6.83. The number of benzene rings is 1. The summed E-state index contributed by atoms with van der Waals surface area (Å²) in [6.07, 6.45) is 0. The van der Waals surface area contributed by atoms with Crippen molar-refractivity contribution in [3.8, 4) is 5.75 Å². The number of phenolic OH excluding ortho intramolecular Hbond substituents is 1. The van der Waals surface area contributed by atoms with Gasteiger partial charge in [-0.2, -0.15) is 0 Å². The quantitative estimate of drug-likeness (QED) is 0.674. The third kappa shape index (κ3) is 1.71. The summed E-state index contributed by atoms with van der Waals surface area (Å²) < 4.78 is 0. The van der Waals surface area contributed by atoms with Crippen LogP contribution in [0.15, 0.2) is 24.3 Å². The average Bonchev–Trinajstić information content (AvgIpc) is 2.04. The van der Waals surface area contributed by atoms with Gasteiger partial charge in [-0.25, -0.2) is 0 Å². The summed E-state index contributed by atoms with van der Waals surface area (Å²) in [6.45, 7) is 2.01. The number of rotatable bonds is 2. The van der Waals surface area contributed by atoms with E-state index in [1.54, 1.807) is 6.07 Å².